The first-order valence-corrected chi connectivity index (χ1v) is 5.58. The average molecular weight is 235 g/mol. The Hall–Kier alpha value is -1.85. The van der Waals surface area contributed by atoms with Gasteiger partial charge in [-0.1, -0.05) is 0 Å². The summed E-state index contributed by atoms with van der Waals surface area (Å²) in [5.41, 5.74) is 7.79. The van der Waals surface area contributed by atoms with E-state index in [1.54, 1.807) is 15.8 Å². The van der Waals surface area contributed by atoms with Crippen LogP contribution in [0.1, 0.15) is 31.1 Å². The number of aromatic nitrogens is 2. The van der Waals surface area contributed by atoms with Gasteiger partial charge in [0.15, 0.2) is 0 Å². The molecule has 2 rings (SSSR count). The van der Waals surface area contributed by atoms with E-state index in [9.17, 15) is 4.79 Å². The molecule has 1 aliphatic rings. The number of aliphatic imine (C=N–C) groups is 1. The predicted molar refractivity (Wildman–Crippen MR) is 64.7 cm³/mol. The standard InChI is InChI=1S/C11H17N5O/c1-6(2)16-9(10(12)14-11(16)17)8-5-13-15(4)7(8)3/h5-6,9H,1-4H3,(H2,12,14,17). The molecule has 1 unspecified atom stereocenters. The van der Waals surface area contributed by atoms with Crippen molar-refractivity contribution in [1.29, 1.82) is 0 Å². The van der Waals surface area contributed by atoms with Crippen LogP contribution in [0.4, 0.5) is 4.79 Å². The normalized spacial score (nSPS) is 20.3. The Morgan fingerprint density at radius 3 is 2.59 bits per heavy atom. The SMILES string of the molecule is Cc1c(C2C(N)=NC(=O)N2C(C)C)cnn1C. The summed E-state index contributed by atoms with van der Waals surface area (Å²) in [6, 6.07) is -0.501. The van der Waals surface area contributed by atoms with Gasteiger partial charge in [0.25, 0.3) is 0 Å². The minimum atomic E-state index is -0.281. The van der Waals surface area contributed by atoms with Crippen LogP contribution in [-0.4, -0.2) is 32.6 Å². The molecule has 1 aliphatic heterocycles. The minimum absolute atomic E-state index is 0.0527. The molecule has 0 aromatic carbocycles. The fourth-order valence-corrected chi connectivity index (χ4v) is 2.09. The van der Waals surface area contributed by atoms with Crippen molar-refractivity contribution < 1.29 is 4.79 Å². The highest BCUT2D eigenvalue weighted by Gasteiger charge is 2.37. The minimum Gasteiger partial charge on any atom is -0.385 e. The largest absolute Gasteiger partial charge is 0.385 e. The van der Waals surface area contributed by atoms with Crippen molar-refractivity contribution in [3.05, 3.63) is 17.5 Å². The van der Waals surface area contributed by atoms with Crippen LogP contribution >= 0.6 is 0 Å². The number of amides is 2. The first-order chi connectivity index (χ1) is 7.93. The highest BCUT2D eigenvalue weighted by Crippen LogP contribution is 2.30. The van der Waals surface area contributed by atoms with E-state index in [-0.39, 0.29) is 18.1 Å². The third-order valence-corrected chi connectivity index (χ3v) is 3.13. The number of nitrogens with zero attached hydrogens (tertiary/aromatic N) is 4. The number of urea groups is 1. The molecule has 1 aromatic heterocycles. The maximum absolute atomic E-state index is 11.8. The van der Waals surface area contributed by atoms with Crippen molar-refractivity contribution in [3.63, 3.8) is 0 Å². The first-order valence-electron chi connectivity index (χ1n) is 5.58. The first kappa shape index (κ1) is 11.6. The molecule has 17 heavy (non-hydrogen) atoms. The lowest BCUT2D eigenvalue weighted by molar-refractivity contribution is 0.190. The molecule has 1 atom stereocenters. The fourth-order valence-electron chi connectivity index (χ4n) is 2.09. The van der Waals surface area contributed by atoms with E-state index in [1.165, 1.54) is 0 Å². The van der Waals surface area contributed by atoms with Crippen LogP contribution in [0.2, 0.25) is 0 Å². The molecule has 0 spiro atoms. The zero-order chi connectivity index (χ0) is 12.7. The van der Waals surface area contributed by atoms with Gasteiger partial charge in [-0.2, -0.15) is 10.1 Å². The van der Waals surface area contributed by atoms with Crippen molar-refractivity contribution in [3.8, 4) is 0 Å². The van der Waals surface area contributed by atoms with E-state index in [0.29, 0.717) is 5.84 Å². The van der Waals surface area contributed by atoms with Crippen LogP contribution in [0, 0.1) is 6.92 Å². The van der Waals surface area contributed by atoms with Gasteiger partial charge in [0, 0.05) is 24.3 Å². The Labute approximate surface area is 100 Å². The van der Waals surface area contributed by atoms with Gasteiger partial charge < -0.3 is 10.6 Å². The zero-order valence-electron chi connectivity index (χ0n) is 10.5. The van der Waals surface area contributed by atoms with Crippen LogP contribution in [-0.2, 0) is 7.05 Å². The smallest absolute Gasteiger partial charge is 0.346 e. The van der Waals surface area contributed by atoms with Crippen LogP contribution in [0.5, 0.6) is 0 Å². The van der Waals surface area contributed by atoms with Crippen molar-refractivity contribution in [2.45, 2.75) is 32.9 Å². The molecule has 0 bridgehead atoms. The molecule has 0 radical (unpaired) electrons. The molecule has 2 amide bonds. The van der Waals surface area contributed by atoms with Crippen LogP contribution in [0.3, 0.4) is 0 Å². The number of hydrogen-bond acceptors (Lipinski definition) is 3. The molecule has 0 aliphatic carbocycles. The Morgan fingerprint density at radius 1 is 1.47 bits per heavy atom. The monoisotopic (exact) mass is 235 g/mol. The summed E-state index contributed by atoms with van der Waals surface area (Å²) in [5.74, 6) is 0.347. The number of hydrogen-bond donors (Lipinski definition) is 1. The van der Waals surface area contributed by atoms with Crippen molar-refractivity contribution in [2.24, 2.45) is 17.8 Å². The number of rotatable bonds is 2. The maximum atomic E-state index is 11.8. The topological polar surface area (TPSA) is 76.5 Å². The molecule has 0 saturated carbocycles. The summed E-state index contributed by atoms with van der Waals surface area (Å²) in [7, 11) is 1.86. The Bertz CT molecular complexity index is 488. The third-order valence-electron chi connectivity index (χ3n) is 3.13. The quantitative estimate of drug-likeness (QED) is 0.829. The summed E-state index contributed by atoms with van der Waals surface area (Å²) < 4.78 is 1.77. The lowest BCUT2D eigenvalue weighted by atomic mass is 10.1. The van der Waals surface area contributed by atoms with Crippen LogP contribution in [0.25, 0.3) is 0 Å². The Balaban J connectivity index is 2.46. The molecule has 0 fully saturated rings. The van der Waals surface area contributed by atoms with Gasteiger partial charge in [0.05, 0.1) is 6.20 Å². The fraction of sp³-hybridized carbons (Fsp3) is 0.545. The second-order valence-corrected chi connectivity index (χ2v) is 4.53. The lowest BCUT2D eigenvalue weighted by Crippen LogP contribution is -2.38. The van der Waals surface area contributed by atoms with Gasteiger partial charge >= 0.3 is 6.03 Å². The van der Waals surface area contributed by atoms with E-state index < -0.39 is 0 Å². The van der Waals surface area contributed by atoms with Gasteiger partial charge in [0.2, 0.25) is 0 Å². The van der Waals surface area contributed by atoms with Crippen LogP contribution < -0.4 is 5.73 Å². The van der Waals surface area contributed by atoms with E-state index in [2.05, 4.69) is 10.1 Å². The van der Waals surface area contributed by atoms with Gasteiger partial charge in [-0.05, 0) is 20.8 Å². The third kappa shape index (κ3) is 1.69. The van der Waals surface area contributed by atoms with Gasteiger partial charge in [-0.25, -0.2) is 4.79 Å². The van der Waals surface area contributed by atoms with Gasteiger partial charge in [0.1, 0.15) is 11.9 Å². The summed E-state index contributed by atoms with van der Waals surface area (Å²) in [6.45, 7) is 5.85. The number of aryl methyl sites for hydroxylation is 1. The van der Waals surface area contributed by atoms with E-state index in [1.807, 2.05) is 27.8 Å². The average Bonchev–Trinajstić information content (AvgIpc) is 2.69. The highest BCUT2D eigenvalue weighted by molar-refractivity contribution is 6.03. The van der Waals surface area contributed by atoms with Crippen molar-refractivity contribution in [1.82, 2.24) is 14.7 Å². The van der Waals surface area contributed by atoms with E-state index in [4.69, 9.17) is 5.73 Å². The summed E-state index contributed by atoms with van der Waals surface area (Å²) in [6.07, 6.45) is 1.75. The zero-order valence-corrected chi connectivity index (χ0v) is 10.5. The number of amidine groups is 1. The molecule has 92 valence electrons. The lowest BCUT2D eigenvalue weighted by Gasteiger charge is -2.27. The molecular weight excluding hydrogens is 218 g/mol. The summed E-state index contributed by atoms with van der Waals surface area (Å²) in [4.78, 5) is 17.3. The molecule has 6 heteroatoms. The van der Waals surface area contributed by atoms with Crippen LogP contribution in [0.15, 0.2) is 11.2 Å². The Morgan fingerprint density at radius 2 is 2.12 bits per heavy atom. The number of carbonyl (C=O) groups is 1. The molecule has 0 saturated heterocycles. The number of nitrogens with two attached hydrogens (primary N) is 1. The molecule has 1 aromatic rings. The Kier molecular flexibility index (Phi) is 2.65. The molecule has 6 nitrogen and oxygen atoms in total. The summed E-state index contributed by atoms with van der Waals surface area (Å²) in [5, 5.41) is 4.18. The second-order valence-electron chi connectivity index (χ2n) is 4.53. The van der Waals surface area contributed by atoms with Gasteiger partial charge in [-0.15, -0.1) is 0 Å². The van der Waals surface area contributed by atoms with Crippen molar-refractivity contribution >= 4 is 11.9 Å². The summed E-state index contributed by atoms with van der Waals surface area (Å²) >= 11 is 0. The number of carbonyl (C=O) groups excluding carboxylic acids is 1. The van der Waals surface area contributed by atoms with E-state index in [0.717, 1.165) is 11.3 Å². The predicted octanol–water partition coefficient (Wildman–Crippen LogP) is 0.971. The highest BCUT2D eigenvalue weighted by atomic mass is 16.2. The van der Waals surface area contributed by atoms with Gasteiger partial charge in [-0.3, -0.25) is 4.68 Å². The maximum Gasteiger partial charge on any atom is 0.346 e. The molecule has 2 N–H and O–H groups in total. The second kappa shape index (κ2) is 3.87. The van der Waals surface area contributed by atoms with Crippen molar-refractivity contribution in [2.75, 3.05) is 0 Å². The van der Waals surface area contributed by atoms with E-state index >= 15 is 0 Å². The molecule has 2 heterocycles. The molecular formula is C11H17N5O.